The van der Waals surface area contributed by atoms with Gasteiger partial charge in [0.15, 0.2) is 0 Å². The Kier molecular flexibility index (Phi) is 12.8. The Labute approximate surface area is 163 Å². The predicted molar refractivity (Wildman–Crippen MR) is 105 cm³/mol. The predicted octanol–water partition coefficient (Wildman–Crippen LogP) is 4.85. The minimum Gasteiger partial charge on any atom is -0.318 e. The Hall–Kier alpha value is -2.09. The highest BCUT2D eigenvalue weighted by atomic mass is 16.7. The summed E-state index contributed by atoms with van der Waals surface area (Å²) >= 11 is 0. The zero-order valence-corrected chi connectivity index (χ0v) is 16.6. The lowest BCUT2D eigenvalue weighted by atomic mass is 10.1. The fraction of sp³-hybridized carbons (Fsp3) is 0.682. The Morgan fingerprint density at radius 3 is 2.11 bits per heavy atom. The van der Waals surface area contributed by atoms with Gasteiger partial charge in [-0.25, -0.2) is 4.79 Å². The number of carbonyl (C=O) groups excluding carboxylic acids is 3. The standard InChI is InChI=1S/C22H33NO4/c1-2-3-4-5-6-7-8-9-10-11-12-13-14-15-16-17-22(26)27-23-20(24)18-19-21(23)25/h9-10H,2-8,11-15,18-19H2,1H3. The molecule has 1 fully saturated rings. The van der Waals surface area contributed by atoms with Crippen LogP contribution >= 0.6 is 0 Å². The normalized spacial score (nSPS) is 13.9. The largest absolute Gasteiger partial charge is 0.409 e. The van der Waals surface area contributed by atoms with E-state index >= 15 is 0 Å². The fourth-order valence-electron chi connectivity index (χ4n) is 2.83. The maximum atomic E-state index is 11.5. The summed E-state index contributed by atoms with van der Waals surface area (Å²) in [6.07, 6.45) is 18.7. The molecule has 0 bridgehead atoms. The summed E-state index contributed by atoms with van der Waals surface area (Å²) in [6.45, 7) is 2.24. The molecule has 0 saturated carbocycles. The van der Waals surface area contributed by atoms with Crippen LogP contribution < -0.4 is 0 Å². The highest BCUT2D eigenvalue weighted by molar-refractivity contribution is 6.02. The van der Waals surface area contributed by atoms with Crippen LogP contribution in [0.15, 0.2) is 12.2 Å². The summed E-state index contributed by atoms with van der Waals surface area (Å²) in [7, 11) is 0. The zero-order valence-electron chi connectivity index (χ0n) is 16.6. The maximum Gasteiger partial charge on any atom is 0.409 e. The lowest BCUT2D eigenvalue weighted by Gasteiger charge is -2.09. The van der Waals surface area contributed by atoms with Crippen molar-refractivity contribution < 1.29 is 19.2 Å². The van der Waals surface area contributed by atoms with Crippen LogP contribution in [-0.4, -0.2) is 22.8 Å². The molecule has 1 aliphatic rings. The molecule has 5 nitrogen and oxygen atoms in total. The summed E-state index contributed by atoms with van der Waals surface area (Å²) in [5.41, 5.74) is 0. The maximum absolute atomic E-state index is 11.5. The first-order valence-corrected chi connectivity index (χ1v) is 10.4. The fourth-order valence-corrected chi connectivity index (χ4v) is 2.83. The molecule has 0 atom stereocenters. The van der Waals surface area contributed by atoms with Crippen molar-refractivity contribution in [3.05, 3.63) is 12.2 Å². The van der Waals surface area contributed by atoms with Crippen molar-refractivity contribution in [2.24, 2.45) is 0 Å². The van der Waals surface area contributed by atoms with E-state index in [0.29, 0.717) is 11.5 Å². The van der Waals surface area contributed by atoms with Gasteiger partial charge >= 0.3 is 5.97 Å². The van der Waals surface area contributed by atoms with Crippen LogP contribution in [0.2, 0.25) is 0 Å². The Morgan fingerprint density at radius 1 is 0.926 bits per heavy atom. The van der Waals surface area contributed by atoms with Gasteiger partial charge < -0.3 is 4.84 Å². The third-order valence-electron chi connectivity index (χ3n) is 4.43. The number of carbonyl (C=O) groups is 3. The van der Waals surface area contributed by atoms with E-state index in [4.69, 9.17) is 0 Å². The second kappa shape index (κ2) is 15.0. The number of amides is 2. The van der Waals surface area contributed by atoms with E-state index in [1.54, 1.807) is 0 Å². The molecular formula is C22H33NO4. The third kappa shape index (κ3) is 11.3. The van der Waals surface area contributed by atoms with Crippen molar-refractivity contribution in [2.75, 3.05) is 0 Å². The molecule has 1 saturated heterocycles. The van der Waals surface area contributed by atoms with E-state index in [9.17, 15) is 14.4 Å². The van der Waals surface area contributed by atoms with E-state index in [0.717, 1.165) is 25.7 Å². The Bertz CT molecular complexity index is 540. The van der Waals surface area contributed by atoms with E-state index in [1.807, 2.05) is 0 Å². The molecule has 27 heavy (non-hydrogen) atoms. The molecule has 0 N–H and O–H groups in total. The molecule has 2 amide bonds. The molecule has 0 aliphatic carbocycles. The topological polar surface area (TPSA) is 63.7 Å². The van der Waals surface area contributed by atoms with Gasteiger partial charge in [-0.05, 0) is 32.1 Å². The number of allylic oxidation sites excluding steroid dienone is 2. The number of unbranched alkanes of at least 4 members (excludes halogenated alkanes) is 10. The molecule has 1 heterocycles. The van der Waals surface area contributed by atoms with Crippen LogP contribution in [0, 0.1) is 11.8 Å². The lowest BCUT2D eigenvalue weighted by Crippen LogP contribution is -2.31. The summed E-state index contributed by atoms with van der Waals surface area (Å²) in [6, 6.07) is 0. The highest BCUT2D eigenvalue weighted by Gasteiger charge is 2.32. The summed E-state index contributed by atoms with van der Waals surface area (Å²) in [5.74, 6) is 3.24. The van der Waals surface area contributed by atoms with Gasteiger partial charge in [-0.1, -0.05) is 63.5 Å². The van der Waals surface area contributed by atoms with Gasteiger partial charge in [0.2, 0.25) is 0 Å². The summed E-state index contributed by atoms with van der Waals surface area (Å²) in [4.78, 5) is 38.8. The van der Waals surface area contributed by atoms with Crippen molar-refractivity contribution >= 4 is 17.8 Å². The minimum absolute atomic E-state index is 0.0902. The Balaban J connectivity index is 1.95. The van der Waals surface area contributed by atoms with E-state index in [-0.39, 0.29) is 12.8 Å². The van der Waals surface area contributed by atoms with Crippen molar-refractivity contribution in [3.63, 3.8) is 0 Å². The highest BCUT2D eigenvalue weighted by Crippen LogP contribution is 2.12. The molecule has 1 rings (SSSR count). The molecule has 0 radical (unpaired) electrons. The van der Waals surface area contributed by atoms with Crippen molar-refractivity contribution in [3.8, 4) is 11.8 Å². The van der Waals surface area contributed by atoms with Gasteiger partial charge in [-0.15, -0.1) is 5.06 Å². The molecule has 0 aromatic rings. The van der Waals surface area contributed by atoms with Crippen LogP contribution in [0.5, 0.6) is 0 Å². The average Bonchev–Trinajstić information content (AvgIpc) is 2.97. The SMILES string of the molecule is CCCCCCCCC=CCCCCCC#CC(=O)ON1C(=O)CCC1=O. The molecular weight excluding hydrogens is 342 g/mol. The molecule has 150 valence electrons. The van der Waals surface area contributed by atoms with Gasteiger partial charge in [0.05, 0.1) is 0 Å². The second-order valence-electron chi connectivity index (χ2n) is 6.89. The van der Waals surface area contributed by atoms with Crippen LogP contribution in [-0.2, 0) is 19.2 Å². The van der Waals surface area contributed by atoms with Crippen molar-refractivity contribution in [2.45, 2.75) is 96.8 Å². The second-order valence-corrected chi connectivity index (χ2v) is 6.89. The van der Waals surface area contributed by atoms with Gasteiger partial charge in [0.1, 0.15) is 0 Å². The Morgan fingerprint density at radius 2 is 1.48 bits per heavy atom. The first-order valence-electron chi connectivity index (χ1n) is 10.4. The van der Waals surface area contributed by atoms with Crippen LogP contribution in [0.4, 0.5) is 0 Å². The van der Waals surface area contributed by atoms with Gasteiger partial charge in [-0.3, -0.25) is 9.59 Å². The smallest absolute Gasteiger partial charge is 0.318 e. The van der Waals surface area contributed by atoms with Crippen molar-refractivity contribution in [1.29, 1.82) is 0 Å². The number of nitrogens with zero attached hydrogens (tertiary/aromatic N) is 1. The van der Waals surface area contributed by atoms with Gasteiger partial charge in [0, 0.05) is 25.2 Å². The zero-order chi connectivity index (χ0) is 19.7. The van der Waals surface area contributed by atoms with Crippen LogP contribution in [0.3, 0.4) is 0 Å². The monoisotopic (exact) mass is 375 g/mol. The average molecular weight is 376 g/mol. The summed E-state index contributed by atoms with van der Waals surface area (Å²) < 4.78 is 0. The molecule has 0 spiro atoms. The minimum atomic E-state index is -0.851. The first kappa shape index (κ1) is 23.0. The van der Waals surface area contributed by atoms with Crippen molar-refractivity contribution in [1.82, 2.24) is 5.06 Å². The molecule has 5 heteroatoms. The van der Waals surface area contributed by atoms with E-state index in [1.165, 1.54) is 44.9 Å². The number of imide groups is 1. The van der Waals surface area contributed by atoms with E-state index < -0.39 is 17.8 Å². The summed E-state index contributed by atoms with van der Waals surface area (Å²) in [5, 5.41) is 0.522. The molecule has 0 unspecified atom stereocenters. The molecule has 0 aromatic carbocycles. The molecule has 0 aromatic heterocycles. The first-order chi connectivity index (χ1) is 13.1. The van der Waals surface area contributed by atoms with Gasteiger partial charge in [0.25, 0.3) is 11.8 Å². The lowest BCUT2D eigenvalue weighted by molar-refractivity contribution is -0.193. The van der Waals surface area contributed by atoms with Gasteiger partial charge in [-0.2, -0.15) is 0 Å². The third-order valence-corrected chi connectivity index (χ3v) is 4.43. The van der Waals surface area contributed by atoms with Crippen LogP contribution in [0.1, 0.15) is 96.8 Å². The molecule has 1 aliphatic heterocycles. The number of hydroxylamine groups is 2. The van der Waals surface area contributed by atoms with E-state index in [2.05, 4.69) is 35.8 Å². The number of hydrogen-bond acceptors (Lipinski definition) is 4. The van der Waals surface area contributed by atoms with Crippen LogP contribution in [0.25, 0.3) is 0 Å². The number of rotatable bonds is 13. The quantitative estimate of drug-likeness (QED) is 0.200. The number of hydrogen-bond donors (Lipinski definition) is 0.